The number of rotatable bonds is 2. The van der Waals surface area contributed by atoms with Gasteiger partial charge in [-0.3, -0.25) is 0 Å². The smallest absolute Gasteiger partial charge is 0.0389 e. The summed E-state index contributed by atoms with van der Waals surface area (Å²) < 4.78 is 0. The van der Waals surface area contributed by atoms with Crippen LogP contribution in [0, 0.1) is 34.6 Å². The second kappa shape index (κ2) is 8.35. The minimum absolute atomic E-state index is 1.13. The van der Waals surface area contributed by atoms with Gasteiger partial charge in [0.25, 0.3) is 0 Å². The van der Waals surface area contributed by atoms with E-state index in [-0.39, 0.29) is 0 Å². The first kappa shape index (κ1) is 17.8. The van der Waals surface area contributed by atoms with Crippen molar-refractivity contribution in [3.8, 4) is 0 Å². The highest BCUT2D eigenvalue weighted by molar-refractivity contribution is 5.60. The molecule has 0 aliphatic heterocycles. The number of benzene rings is 3. The molecule has 0 fully saturated rings. The number of nitrogens with one attached hydrogen (secondary N) is 1. The minimum Gasteiger partial charge on any atom is -0.356 e. The lowest BCUT2D eigenvalue weighted by Crippen LogP contribution is -1.91. The first-order chi connectivity index (χ1) is 11.4. The summed E-state index contributed by atoms with van der Waals surface area (Å²) in [6, 6.07) is 23.3. The van der Waals surface area contributed by atoms with Gasteiger partial charge in [-0.2, -0.15) is 0 Å². The average Bonchev–Trinajstić information content (AvgIpc) is 2.46. The molecule has 124 valence electrons. The van der Waals surface area contributed by atoms with Gasteiger partial charge in [0.15, 0.2) is 0 Å². The summed E-state index contributed by atoms with van der Waals surface area (Å²) in [6.45, 7) is 10.6. The molecule has 1 N–H and O–H groups in total. The van der Waals surface area contributed by atoms with Gasteiger partial charge in [0.1, 0.15) is 0 Å². The van der Waals surface area contributed by atoms with Crippen molar-refractivity contribution in [2.45, 2.75) is 34.6 Å². The van der Waals surface area contributed by atoms with E-state index in [1.54, 1.807) is 0 Å². The molecule has 0 saturated heterocycles. The van der Waals surface area contributed by atoms with Crippen LogP contribution < -0.4 is 5.32 Å². The van der Waals surface area contributed by atoms with E-state index in [2.05, 4.69) is 88.5 Å². The third-order valence-corrected chi connectivity index (χ3v) is 3.65. The van der Waals surface area contributed by atoms with Gasteiger partial charge in [0.05, 0.1) is 0 Å². The largest absolute Gasteiger partial charge is 0.356 e. The highest BCUT2D eigenvalue weighted by Gasteiger charge is 1.95. The Morgan fingerprint density at radius 1 is 0.458 bits per heavy atom. The van der Waals surface area contributed by atoms with E-state index in [1.807, 2.05) is 18.2 Å². The van der Waals surface area contributed by atoms with E-state index in [4.69, 9.17) is 0 Å². The zero-order valence-electron chi connectivity index (χ0n) is 15.4. The Balaban J connectivity index is 0.000000198. The summed E-state index contributed by atoms with van der Waals surface area (Å²) in [5.74, 6) is 0. The van der Waals surface area contributed by atoms with Gasteiger partial charge in [-0.05, 0) is 70.0 Å². The fourth-order valence-corrected chi connectivity index (χ4v) is 2.94. The maximum absolute atomic E-state index is 3.39. The van der Waals surface area contributed by atoms with Crippen LogP contribution in [0.25, 0.3) is 0 Å². The molecule has 0 aliphatic carbocycles. The molecular formula is C23H27N. The average molecular weight is 317 g/mol. The standard InChI is InChI=1S/C14H15N.C9H12/c1-11-8-12(2)10-14(9-11)15-13-6-4-3-5-7-13;1-7-4-8(2)6-9(3)5-7/h3-10,15H,1-2H3;4-6H,1-3H3. The molecule has 0 atom stereocenters. The third-order valence-electron chi connectivity index (χ3n) is 3.65. The van der Waals surface area contributed by atoms with Crippen LogP contribution in [0.1, 0.15) is 27.8 Å². The number of hydrogen-bond acceptors (Lipinski definition) is 1. The van der Waals surface area contributed by atoms with Crippen LogP contribution in [0.4, 0.5) is 11.4 Å². The van der Waals surface area contributed by atoms with Crippen molar-refractivity contribution in [3.05, 3.63) is 94.5 Å². The third kappa shape index (κ3) is 5.92. The van der Waals surface area contributed by atoms with Crippen molar-refractivity contribution in [1.29, 1.82) is 0 Å². The zero-order valence-corrected chi connectivity index (χ0v) is 15.4. The van der Waals surface area contributed by atoms with E-state index in [0.717, 1.165) is 11.4 Å². The molecule has 3 aromatic carbocycles. The molecule has 1 nitrogen and oxygen atoms in total. The van der Waals surface area contributed by atoms with Crippen LogP contribution in [0.15, 0.2) is 66.7 Å². The number of para-hydroxylation sites is 1. The summed E-state index contributed by atoms with van der Waals surface area (Å²) >= 11 is 0. The number of hydrogen-bond donors (Lipinski definition) is 1. The molecule has 0 amide bonds. The van der Waals surface area contributed by atoms with E-state index in [9.17, 15) is 0 Å². The van der Waals surface area contributed by atoms with Gasteiger partial charge in [0.2, 0.25) is 0 Å². The topological polar surface area (TPSA) is 12.0 Å². The molecule has 0 spiro atoms. The molecule has 0 aliphatic rings. The van der Waals surface area contributed by atoms with Crippen molar-refractivity contribution in [1.82, 2.24) is 0 Å². The Bertz CT molecular complexity index is 718. The van der Waals surface area contributed by atoms with Crippen molar-refractivity contribution in [2.75, 3.05) is 5.32 Å². The number of aryl methyl sites for hydroxylation is 5. The summed E-state index contributed by atoms with van der Waals surface area (Å²) in [4.78, 5) is 0. The van der Waals surface area contributed by atoms with Gasteiger partial charge in [0, 0.05) is 11.4 Å². The van der Waals surface area contributed by atoms with Crippen molar-refractivity contribution in [2.24, 2.45) is 0 Å². The lowest BCUT2D eigenvalue weighted by atomic mass is 10.1. The maximum Gasteiger partial charge on any atom is 0.0389 e. The first-order valence-electron chi connectivity index (χ1n) is 8.37. The molecule has 0 radical (unpaired) electrons. The van der Waals surface area contributed by atoms with Gasteiger partial charge in [-0.15, -0.1) is 0 Å². The molecule has 0 unspecified atom stereocenters. The zero-order chi connectivity index (χ0) is 17.5. The molecule has 0 heterocycles. The van der Waals surface area contributed by atoms with Gasteiger partial charge in [-0.1, -0.05) is 59.2 Å². The van der Waals surface area contributed by atoms with Crippen LogP contribution in [0.2, 0.25) is 0 Å². The molecule has 24 heavy (non-hydrogen) atoms. The molecule has 0 bridgehead atoms. The summed E-state index contributed by atoms with van der Waals surface area (Å²) in [5.41, 5.74) is 8.91. The van der Waals surface area contributed by atoms with Crippen molar-refractivity contribution >= 4 is 11.4 Å². The Kier molecular flexibility index (Phi) is 6.20. The molecular weight excluding hydrogens is 290 g/mol. The van der Waals surface area contributed by atoms with Gasteiger partial charge in [-0.25, -0.2) is 0 Å². The van der Waals surface area contributed by atoms with Crippen LogP contribution >= 0.6 is 0 Å². The van der Waals surface area contributed by atoms with E-state index in [0.29, 0.717) is 0 Å². The Morgan fingerprint density at radius 3 is 1.25 bits per heavy atom. The Labute approximate surface area is 146 Å². The van der Waals surface area contributed by atoms with Gasteiger partial charge < -0.3 is 5.32 Å². The highest BCUT2D eigenvalue weighted by Crippen LogP contribution is 2.18. The summed E-state index contributed by atoms with van der Waals surface area (Å²) in [5, 5.41) is 3.39. The maximum atomic E-state index is 3.39. The van der Waals surface area contributed by atoms with Crippen molar-refractivity contribution < 1.29 is 0 Å². The predicted molar refractivity (Wildman–Crippen MR) is 106 cm³/mol. The highest BCUT2D eigenvalue weighted by atomic mass is 14.9. The van der Waals surface area contributed by atoms with Crippen LogP contribution in [0.5, 0.6) is 0 Å². The SMILES string of the molecule is Cc1cc(C)cc(C)c1.Cc1cc(C)cc(Nc2ccccc2)c1. The molecule has 3 aromatic rings. The predicted octanol–water partition coefficient (Wildman–Crippen LogP) is 6.66. The Hall–Kier alpha value is -2.54. The van der Waals surface area contributed by atoms with E-state index < -0.39 is 0 Å². The monoisotopic (exact) mass is 317 g/mol. The molecule has 0 saturated carbocycles. The molecule has 3 rings (SSSR count). The van der Waals surface area contributed by atoms with Crippen LogP contribution in [-0.4, -0.2) is 0 Å². The normalized spacial score (nSPS) is 9.88. The summed E-state index contributed by atoms with van der Waals surface area (Å²) in [7, 11) is 0. The minimum atomic E-state index is 1.13. The molecule has 1 heteroatoms. The van der Waals surface area contributed by atoms with Crippen LogP contribution in [0.3, 0.4) is 0 Å². The first-order valence-corrected chi connectivity index (χ1v) is 8.37. The van der Waals surface area contributed by atoms with Crippen molar-refractivity contribution in [3.63, 3.8) is 0 Å². The summed E-state index contributed by atoms with van der Waals surface area (Å²) in [6.07, 6.45) is 0. The quantitative estimate of drug-likeness (QED) is 0.557. The number of anilines is 2. The second-order valence-electron chi connectivity index (χ2n) is 6.53. The second-order valence-corrected chi connectivity index (χ2v) is 6.53. The molecule has 0 aromatic heterocycles. The van der Waals surface area contributed by atoms with E-state index >= 15 is 0 Å². The fraction of sp³-hybridized carbons (Fsp3) is 0.217. The van der Waals surface area contributed by atoms with E-state index in [1.165, 1.54) is 27.8 Å². The fourth-order valence-electron chi connectivity index (χ4n) is 2.94. The lowest BCUT2D eigenvalue weighted by Gasteiger charge is -2.08. The Morgan fingerprint density at radius 2 is 0.833 bits per heavy atom. The van der Waals surface area contributed by atoms with Crippen LogP contribution in [-0.2, 0) is 0 Å². The lowest BCUT2D eigenvalue weighted by molar-refractivity contribution is 1.32. The van der Waals surface area contributed by atoms with Gasteiger partial charge >= 0.3 is 0 Å².